The summed E-state index contributed by atoms with van der Waals surface area (Å²) in [7, 11) is 0. The molecule has 0 saturated heterocycles. The van der Waals surface area contributed by atoms with Gasteiger partial charge in [0.1, 0.15) is 24.0 Å². The summed E-state index contributed by atoms with van der Waals surface area (Å²) in [6.07, 6.45) is 12.4. The van der Waals surface area contributed by atoms with E-state index < -0.39 is 12.5 Å². The number of rotatable bonds is 14. The number of benzene rings is 2. The van der Waals surface area contributed by atoms with E-state index in [1.54, 1.807) is 12.2 Å². The van der Waals surface area contributed by atoms with Crippen molar-refractivity contribution in [2.75, 3.05) is 6.61 Å². The fourth-order valence-corrected chi connectivity index (χ4v) is 5.27. The number of ether oxygens (including phenoxy) is 1. The number of aliphatic hydroxyl groups is 3. The topological polar surface area (TPSA) is 112 Å². The molecule has 1 aliphatic heterocycles. The number of aliphatic hydroxyl groups excluding tert-OH is 2. The number of halogens is 1. The third kappa shape index (κ3) is 8.61. The minimum Gasteiger partial charge on any atom is -0.369 e. The molecule has 1 aliphatic carbocycles. The van der Waals surface area contributed by atoms with Gasteiger partial charge < -0.3 is 29.5 Å². The molecule has 0 radical (unpaired) electrons. The fourth-order valence-electron chi connectivity index (χ4n) is 5.27. The summed E-state index contributed by atoms with van der Waals surface area (Å²) in [6, 6.07) is 17.1. The number of hydrogen-bond donors (Lipinski definition) is 3. The zero-order valence-corrected chi connectivity index (χ0v) is 25.0. The maximum Gasteiger partial charge on any atom is 0.163 e. The highest BCUT2D eigenvalue weighted by Crippen LogP contribution is 2.39. The zero-order chi connectivity index (χ0) is 31.6. The summed E-state index contributed by atoms with van der Waals surface area (Å²) in [4.78, 5) is 6.72. The van der Waals surface area contributed by atoms with Gasteiger partial charge in [-0.2, -0.15) is 0 Å². The molecular weight excluding hydrogens is 573 g/mol. The monoisotopic (exact) mass is 611 g/mol. The summed E-state index contributed by atoms with van der Waals surface area (Å²) >= 11 is 0. The van der Waals surface area contributed by atoms with Gasteiger partial charge in [0.05, 0.1) is 18.3 Å². The van der Waals surface area contributed by atoms with Crippen LogP contribution in [0.5, 0.6) is 0 Å². The average molecular weight is 612 g/mol. The SMILES string of the molecule is C=C/C(=C\C=C\c1ccccc1)COCc1cc(-c2ccc3c(c2)N=C(CCCCC(O)O)N(C2C=CC(F)=CC2)C3O)no1. The number of unbranched alkanes of at least 4 members (excludes halogenated alkanes) is 1. The second-order valence-corrected chi connectivity index (χ2v) is 10.9. The lowest BCUT2D eigenvalue weighted by atomic mass is 9.98. The van der Waals surface area contributed by atoms with E-state index in [0.717, 1.165) is 16.7 Å². The maximum absolute atomic E-state index is 13.7. The van der Waals surface area contributed by atoms with Crippen LogP contribution in [0, 0.1) is 0 Å². The highest BCUT2D eigenvalue weighted by atomic mass is 19.1. The fraction of sp³-hybridized carbons (Fsp3) is 0.278. The van der Waals surface area contributed by atoms with E-state index in [1.807, 2.05) is 77.7 Å². The Labute approximate surface area is 262 Å². The predicted molar refractivity (Wildman–Crippen MR) is 173 cm³/mol. The van der Waals surface area contributed by atoms with E-state index >= 15 is 0 Å². The van der Waals surface area contributed by atoms with Crippen LogP contribution in [0.15, 0.2) is 119 Å². The first-order valence-corrected chi connectivity index (χ1v) is 15.1. The van der Waals surface area contributed by atoms with Crippen LogP contribution in [0.4, 0.5) is 10.1 Å². The molecular formula is C36H38FN3O5. The quantitative estimate of drug-likeness (QED) is 0.102. The van der Waals surface area contributed by atoms with Crippen molar-refractivity contribution >= 4 is 17.6 Å². The Kier molecular flexibility index (Phi) is 11.1. The van der Waals surface area contributed by atoms with Crippen molar-refractivity contribution in [2.45, 2.75) is 57.3 Å². The van der Waals surface area contributed by atoms with Crippen LogP contribution in [-0.2, 0) is 11.3 Å². The molecule has 0 saturated carbocycles. The van der Waals surface area contributed by atoms with Crippen LogP contribution in [-0.4, -0.2) is 50.2 Å². The summed E-state index contributed by atoms with van der Waals surface area (Å²) < 4.78 is 25.1. The molecule has 2 aromatic carbocycles. The van der Waals surface area contributed by atoms with Gasteiger partial charge in [-0.15, -0.1) is 0 Å². The van der Waals surface area contributed by atoms with Crippen LogP contribution in [0.3, 0.4) is 0 Å². The number of amidine groups is 1. The normalized spacial score (nSPS) is 18.3. The van der Waals surface area contributed by atoms with E-state index in [1.165, 1.54) is 12.2 Å². The zero-order valence-electron chi connectivity index (χ0n) is 25.0. The molecule has 3 aromatic rings. The molecule has 0 spiro atoms. The van der Waals surface area contributed by atoms with Gasteiger partial charge in [-0.25, -0.2) is 9.38 Å². The van der Waals surface area contributed by atoms with Crippen molar-refractivity contribution in [1.82, 2.24) is 10.1 Å². The molecule has 2 aliphatic rings. The summed E-state index contributed by atoms with van der Waals surface area (Å²) in [5.74, 6) is 0.921. The van der Waals surface area contributed by atoms with Crippen molar-refractivity contribution in [3.05, 3.63) is 126 Å². The molecule has 1 aromatic heterocycles. The second-order valence-electron chi connectivity index (χ2n) is 10.9. The number of nitrogens with zero attached hydrogens (tertiary/aromatic N) is 3. The molecule has 2 heterocycles. The molecule has 9 heteroatoms. The van der Waals surface area contributed by atoms with Crippen LogP contribution < -0.4 is 0 Å². The molecule has 0 amide bonds. The lowest BCUT2D eigenvalue weighted by Crippen LogP contribution is -2.44. The molecule has 234 valence electrons. The number of aromatic nitrogens is 1. The van der Waals surface area contributed by atoms with Crippen LogP contribution >= 0.6 is 0 Å². The Morgan fingerprint density at radius 1 is 1.16 bits per heavy atom. The first kappa shape index (κ1) is 32.0. The predicted octanol–water partition coefficient (Wildman–Crippen LogP) is 7.07. The van der Waals surface area contributed by atoms with E-state index in [4.69, 9.17) is 14.3 Å². The molecule has 8 nitrogen and oxygen atoms in total. The van der Waals surface area contributed by atoms with E-state index in [-0.39, 0.29) is 24.9 Å². The molecule has 0 fully saturated rings. The Hall–Kier alpha value is -4.41. The van der Waals surface area contributed by atoms with Crippen LogP contribution in [0.1, 0.15) is 55.2 Å². The summed E-state index contributed by atoms with van der Waals surface area (Å²) in [5.41, 5.74) is 4.67. The molecule has 45 heavy (non-hydrogen) atoms. The standard InChI is InChI=1S/C36H38FN3O5/c1-2-25(11-8-12-26-9-4-3-5-10-26)23-44-24-30-22-32(39-45-30)27-15-20-31-33(21-27)38-34(13-6-7-14-35(41)42)40(36(31)43)29-18-16-28(37)17-19-29/h2-5,8-12,15-18,20-22,29,35-36,41-43H,1,6-7,13-14,19,23-24H2/b12-8+,25-11+. The number of fused-ring (bicyclic) bond motifs is 1. The lowest BCUT2D eigenvalue weighted by molar-refractivity contribution is -0.0465. The van der Waals surface area contributed by atoms with Gasteiger partial charge in [0.15, 0.2) is 18.3 Å². The largest absolute Gasteiger partial charge is 0.369 e. The first-order valence-electron chi connectivity index (χ1n) is 15.1. The molecule has 0 bridgehead atoms. The first-order chi connectivity index (χ1) is 21.9. The van der Waals surface area contributed by atoms with Crippen molar-refractivity contribution in [3.63, 3.8) is 0 Å². The van der Waals surface area contributed by atoms with Crippen LogP contribution in [0.2, 0.25) is 0 Å². The number of hydrogen-bond acceptors (Lipinski definition) is 8. The smallest absolute Gasteiger partial charge is 0.163 e. The van der Waals surface area contributed by atoms with Gasteiger partial charge in [-0.1, -0.05) is 84.6 Å². The van der Waals surface area contributed by atoms with Crippen molar-refractivity contribution in [2.24, 2.45) is 4.99 Å². The number of allylic oxidation sites excluding steroid dienone is 4. The Morgan fingerprint density at radius 2 is 2.00 bits per heavy atom. The van der Waals surface area contributed by atoms with Crippen LogP contribution in [0.25, 0.3) is 17.3 Å². The second kappa shape index (κ2) is 15.5. The van der Waals surface area contributed by atoms with Gasteiger partial charge in [0, 0.05) is 23.6 Å². The molecule has 3 N–H and O–H groups in total. The summed E-state index contributed by atoms with van der Waals surface area (Å²) in [5, 5.41) is 34.1. The minimum absolute atomic E-state index is 0.230. The van der Waals surface area contributed by atoms with E-state index in [0.29, 0.717) is 60.8 Å². The molecule has 2 unspecified atom stereocenters. The van der Waals surface area contributed by atoms with Gasteiger partial charge in [0.2, 0.25) is 0 Å². The Morgan fingerprint density at radius 3 is 2.76 bits per heavy atom. The van der Waals surface area contributed by atoms with Gasteiger partial charge >= 0.3 is 0 Å². The maximum atomic E-state index is 13.7. The highest BCUT2D eigenvalue weighted by molar-refractivity contribution is 5.89. The third-order valence-corrected chi connectivity index (χ3v) is 7.65. The Bertz CT molecular complexity index is 1610. The van der Waals surface area contributed by atoms with Gasteiger partial charge in [-0.3, -0.25) is 0 Å². The van der Waals surface area contributed by atoms with Crippen molar-refractivity contribution in [3.8, 4) is 11.3 Å². The van der Waals surface area contributed by atoms with Crippen molar-refractivity contribution in [1.29, 1.82) is 0 Å². The number of aliphatic imine (C=N–C) groups is 1. The van der Waals surface area contributed by atoms with E-state index in [2.05, 4.69) is 11.7 Å². The third-order valence-electron chi connectivity index (χ3n) is 7.65. The lowest BCUT2D eigenvalue weighted by Gasteiger charge is -2.40. The summed E-state index contributed by atoms with van der Waals surface area (Å²) in [6.45, 7) is 4.46. The highest BCUT2D eigenvalue weighted by Gasteiger charge is 2.33. The average Bonchev–Trinajstić information content (AvgIpc) is 3.52. The van der Waals surface area contributed by atoms with Crippen molar-refractivity contribution < 1.29 is 29.0 Å². The van der Waals surface area contributed by atoms with E-state index in [9.17, 15) is 19.7 Å². The minimum atomic E-state index is -1.36. The molecule has 2 atom stereocenters. The Balaban J connectivity index is 1.26. The van der Waals surface area contributed by atoms with Gasteiger partial charge in [-0.05, 0) is 55.0 Å². The van der Waals surface area contributed by atoms with Gasteiger partial charge in [0.25, 0.3) is 0 Å². The molecule has 5 rings (SSSR count).